The van der Waals surface area contributed by atoms with Gasteiger partial charge in [-0.25, -0.2) is 4.98 Å². The van der Waals surface area contributed by atoms with Crippen LogP contribution in [0.3, 0.4) is 0 Å². The molecule has 0 atom stereocenters. The Balaban J connectivity index is 0.00000560. The van der Waals surface area contributed by atoms with Gasteiger partial charge < -0.3 is 5.11 Å². The maximum absolute atomic E-state index is 11.9. The van der Waals surface area contributed by atoms with E-state index in [0.717, 1.165) is 94.7 Å². The van der Waals surface area contributed by atoms with Gasteiger partial charge in [-0.05, 0) is 107 Å². The average molecular weight is 1000 g/mol. The van der Waals surface area contributed by atoms with Crippen LogP contribution in [0.5, 0.6) is 5.75 Å². The number of hydrogen-bond donors (Lipinski definition) is 1. The SMILES string of the molecule is [2H]C(C)(C)c1cc(-c2ccccc2)c(-n2c(-c3cc(C)cc(C)c3O)nc3c(-c4[c-]c(-c5cc(-c6ccc(C)cc6)ccn5)cc(C(C)(C)C)c4)cccc32)cc1-c1ccccc1.[Pt]. The Morgan fingerprint density at radius 3 is 1.95 bits per heavy atom. The van der Waals surface area contributed by atoms with E-state index in [9.17, 15) is 6.48 Å². The molecule has 0 spiro atoms. The number of benzene rings is 7. The van der Waals surface area contributed by atoms with Crippen molar-refractivity contribution < 1.29 is 27.5 Å². The molecule has 9 aromatic rings. The number of pyridine rings is 1. The van der Waals surface area contributed by atoms with Gasteiger partial charge in [-0.15, -0.1) is 29.3 Å². The van der Waals surface area contributed by atoms with Crippen molar-refractivity contribution in [1.82, 2.24) is 14.5 Å². The molecule has 1 N–H and O–H groups in total. The Kier molecular flexibility index (Phi) is 11.6. The molecule has 0 unspecified atom stereocenters. The van der Waals surface area contributed by atoms with Crippen LogP contribution in [-0.2, 0) is 26.5 Å². The molecule has 0 fully saturated rings. The van der Waals surface area contributed by atoms with E-state index >= 15 is 0 Å². The number of phenols is 1. The van der Waals surface area contributed by atoms with Gasteiger partial charge in [0.1, 0.15) is 11.6 Å². The fourth-order valence-electron chi connectivity index (χ4n) is 8.55. The molecule has 5 heteroatoms. The van der Waals surface area contributed by atoms with Crippen LogP contribution in [0.25, 0.3) is 83.9 Å². The first-order chi connectivity index (χ1) is 30.1. The van der Waals surface area contributed by atoms with Gasteiger partial charge in [0.2, 0.25) is 0 Å². The van der Waals surface area contributed by atoms with Crippen LogP contribution in [0.15, 0.2) is 158 Å². The van der Waals surface area contributed by atoms with Crippen molar-refractivity contribution in [2.75, 3.05) is 0 Å². The van der Waals surface area contributed by atoms with Gasteiger partial charge in [0.15, 0.2) is 0 Å². The second-order valence-electron chi connectivity index (χ2n) is 17.8. The van der Waals surface area contributed by atoms with Crippen LogP contribution >= 0.6 is 0 Å². The van der Waals surface area contributed by atoms with Crippen molar-refractivity contribution in [2.24, 2.45) is 0 Å². The van der Waals surface area contributed by atoms with E-state index in [1.165, 1.54) is 5.56 Å². The largest absolute Gasteiger partial charge is 0.507 e. The number of aromatic hydroxyl groups is 1. The first kappa shape index (κ1) is 42.0. The third-order valence-electron chi connectivity index (χ3n) is 11.9. The number of para-hydroxylation sites is 1. The van der Waals surface area contributed by atoms with E-state index in [2.05, 4.69) is 161 Å². The van der Waals surface area contributed by atoms with Gasteiger partial charge in [-0.2, -0.15) is 0 Å². The van der Waals surface area contributed by atoms with Crippen LogP contribution in [0.2, 0.25) is 0 Å². The number of phenolic OH excluding ortho intramolecular Hbond substituents is 1. The third-order valence-corrected chi connectivity index (χ3v) is 11.9. The third kappa shape index (κ3) is 8.45. The number of rotatable bonds is 8. The quantitative estimate of drug-likeness (QED) is 0.154. The summed E-state index contributed by atoms with van der Waals surface area (Å²) in [6.07, 6.45) is 1.88. The van der Waals surface area contributed by atoms with Gasteiger partial charge in [-0.1, -0.05) is 161 Å². The fourth-order valence-corrected chi connectivity index (χ4v) is 8.55. The number of fused-ring (bicyclic) bond motifs is 1. The number of aromatic nitrogens is 3. The standard InChI is InChI=1S/C58H52N3O.Pt/c1-36(2)48-34-50(42-18-13-10-14-19-42)54(35-49(48)41-16-11-9-12-17-41)61-53-21-15-20-47(55(53)60-57(61)51-29-38(4)28-39(5)56(51)62)44-30-45(32-46(31-44)58(6,7)8)52-33-43(26-27-59-52)40-24-22-37(3)23-25-40;/h9-29,31-36,62H,1-8H3;/q-1;/i36D;. The van der Waals surface area contributed by atoms with E-state index < -0.39 is 5.89 Å². The molecule has 316 valence electrons. The zero-order valence-electron chi connectivity index (χ0n) is 38.1. The molecule has 0 saturated carbocycles. The summed E-state index contributed by atoms with van der Waals surface area (Å²) in [6, 6.07) is 56.6. The Bertz CT molecular complexity index is 3160. The Morgan fingerprint density at radius 1 is 0.619 bits per heavy atom. The molecular weight excluding hydrogens is 950 g/mol. The van der Waals surface area contributed by atoms with Crippen molar-refractivity contribution >= 4 is 11.0 Å². The molecule has 0 bridgehead atoms. The van der Waals surface area contributed by atoms with Crippen LogP contribution in [0.4, 0.5) is 0 Å². The molecule has 0 radical (unpaired) electrons. The molecule has 0 amide bonds. The summed E-state index contributed by atoms with van der Waals surface area (Å²) in [5.41, 5.74) is 17.9. The molecule has 0 aliphatic rings. The molecule has 2 aromatic heterocycles. The second-order valence-corrected chi connectivity index (χ2v) is 17.8. The average Bonchev–Trinajstić information content (AvgIpc) is 3.67. The van der Waals surface area contributed by atoms with Crippen molar-refractivity contribution in [3.8, 4) is 78.6 Å². The zero-order valence-corrected chi connectivity index (χ0v) is 39.4. The summed E-state index contributed by atoms with van der Waals surface area (Å²) < 4.78 is 11.6. The number of hydrogen-bond acceptors (Lipinski definition) is 3. The smallest absolute Gasteiger partial charge is 0.148 e. The minimum absolute atomic E-state index is 0. The summed E-state index contributed by atoms with van der Waals surface area (Å²) in [6.45, 7) is 16.7. The van der Waals surface area contributed by atoms with Crippen LogP contribution in [-0.4, -0.2) is 19.6 Å². The Labute approximate surface area is 388 Å². The van der Waals surface area contributed by atoms with Gasteiger partial charge >= 0.3 is 0 Å². The first-order valence-electron chi connectivity index (χ1n) is 21.9. The monoisotopic (exact) mass is 1000 g/mol. The molecule has 0 aliphatic carbocycles. The van der Waals surface area contributed by atoms with Crippen LogP contribution in [0, 0.1) is 26.8 Å². The summed E-state index contributed by atoms with van der Waals surface area (Å²) in [4.78, 5) is 10.5. The van der Waals surface area contributed by atoms with Crippen molar-refractivity contribution in [3.05, 3.63) is 192 Å². The molecule has 9 rings (SSSR count). The van der Waals surface area contributed by atoms with E-state index in [4.69, 9.17) is 9.97 Å². The van der Waals surface area contributed by atoms with E-state index in [1.807, 2.05) is 63.4 Å². The minimum atomic E-state index is -0.910. The van der Waals surface area contributed by atoms with Crippen LogP contribution < -0.4 is 0 Å². The fraction of sp³-hybridized carbons (Fsp3) is 0.172. The number of imidazole rings is 1. The number of nitrogens with zero attached hydrogens (tertiary/aromatic N) is 3. The van der Waals surface area contributed by atoms with Gasteiger partial charge in [0.05, 0.1) is 22.3 Å². The van der Waals surface area contributed by atoms with E-state index in [-0.39, 0.29) is 32.2 Å². The second kappa shape index (κ2) is 17.4. The Morgan fingerprint density at radius 2 is 1.29 bits per heavy atom. The molecule has 2 heterocycles. The van der Waals surface area contributed by atoms with Gasteiger partial charge in [-0.3, -0.25) is 9.55 Å². The van der Waals surface area contributed by atoms with E-state index in [0.29, 0.717) is 11.4 Å². The van der Waals surface area contributed by atoms with Gasteiger partial charge in [0, 0.05) is 39.9 Å². The van der Waals surface area contributed by atoms with Crippen molar-refractivity contribution in [1.29, 1.82) is 0 Å². The Hall–Kier alpha value is -6.35. The van der Waals surface area contributed by atoms with Crippen molar-refractivity contribution in [3.63, 3.8) is 0 Å². The molecule has 4 nitrogen and oxygen atoms in total. The van der Waals surface area contributed by atoms with Crippen molar-refractivity contribution in [2.45, 2.75) is 66.7 Å². The molecular formula is C58H52N3OPt-. The van der Waals surface area contributed by atoms with Crippen LogP contribution in [0.1, 0.15) is 69.7 Å². The van der Waals surface area contributed by atoms with E-state index in [1.54, 1.807) is 0 Å². The normalized spacial score (nSPS) is 12.0. The molecule has 63 heavy (non-hydrogen) atoms. The summed E-state index contributed by atoms with van der Waals surface area (Å²) in [5.74, 6) is -0.0995. The predicted molar refractivity (Wildman–Crippen MR) is 259 cm³/mol. The zero-order chi connectivity index (χ0) is 44.2. The first-order valence-corrected chi connectivity index (χ1v) is 21.4. The topological polar surface area (TPSA) is 50.9 Å². The summed E-state index contributed by atoms with van der Waals surface area (Å²) in [7, 11) is 0. The molecule has 0 aliphatic heterocycles. The maximum atomic E-state index is 11.9. The maximum Gasteiger partial charge on any atom is 0.148 e. The summed E-state index contributed by atoms with van der Waals surface area (Å²) in [5, 5.41) is 11.9. The molecule has 7 aromatic carbocycles. The summed E-state index contributed by atoms with van der Waals surface area (Å²) >= 11 is 0. The molecule has 0 saturated heterocycles. The van der Waals surface area contributed by atoms with Gasteiger partial charge in [0.25, 0.3) is 0 Å². The minimum Gasteiger partial charge on any atom is -0.507 e. The predicted octanol–water partition coefficient (Wildman–Crippen LogP) is 15.3. The number of aryl methyl sites for hydroxylation is 3.